The van der Waals surface area contributed by atoms with Gasteiger partial charge in [-0.1, -0.05) is 24.3 Å². The van der Waals surface area contributed by atoms with E-state index in [0.717, 1.165) is 5.39 Å². The van der Waals surface area contributed by atoms with Crippen LogP contribution in [0.1, 0.15) is 10.4 Å². The Morgan fingerprint density at radius 2 is 1.94 bits per heavy atom. The molecule has 0 aliphatic heterocycles. The Hall–Kier alpha value is -2.54. The fourth-order valence-electron chi connectivity index (χ4n) is 1.62. The van der Waals surface area contributed by atoms with E-state index in [9.17, 15) is 4.79 Å². The van der Waals surface area contributed by atoms with Gasteiger partial charge in [0.2, 0.25) is 0 Å². The number of nitriles is 1. The smallest absolute Gasteiger partial charge is 0.336 e. The van der Waals surface area contributed by atoms with Crippen LogP contribution in [-0.2, 0) is 0 Å². The summed E-state index contributed by atoms with van der Waals surface area (Å²) >= 11 is 0. The standard InChI is InChI=1S/C12H7NO3/c13-7-16-10-6-2-4-8-3-1-5-9(11(8)10)12(14)15/h1-6H,(H,14,15). The molecule has 0 aromatic heterocycles. The molecule has 0 amide bonds. The SMILES string of the molecule is N#COc1cccc2cccc(C(=O)O)c12. The first-order chi connectivity index (χ1) is 7.74. The van der Waals surface area contributed by atoms with Crippen molar-refractivity contribution in [2.45, 2.75) is 0 Å². The Bertz CT molecular complexity index is 593. The lowest BCUT2D eigenvalue weighted by molar-refractivity contribution is 0.0699. The van der Waals surface area contributed by atoms with Crippen LogP contribution in [0, 0.1) is 11.5 Å². The normalized spacial score (nSPS) is 9.69. The van der Waals surface area contributed by atoms with E-state index in [1.165, 1.54) is 6.07 Å². The molecule has 78 valence electrons. The van der Waals surface area contributed by atoms with Crippen LogP contribution in [0.4, 0.5) is 0 Å². The van der Waals surface area contributed by atoms with Crippen LogP contribution in [0.25, 0.3) is 10.8 Å². The lowest BCUT2D eigenvalue weighted by atomic mass is 10.0. The highest BCUT2D eigenvalue weighted by Crippen LogP contribution is 2.28. The number of carbonyl (C=O) groups is 1. The van der Waals surface area contributed by atoms with E-state index in [4.69, 9.17) is 15.1 Å². The maximum Gasteiger partial charge on any atom is 0.336 e. The summed E-state index contributed by atoms with van der Waals surface area (Å²) in [5.74, 6) is -0.780. The molecule has 0 unspecified atom stereocenters. The van der Waals surface area contributed by atoms with Crippen molar-refractivity contribution in [3.8, 4) is 12.0 Å². The van der Waals surface area contributed by atoms with Crippen molar-refractivity contribution in [3.63, 3.8) is 0 Å². The zero-order valence-corrected chi connectivity index (χ0v) is 8.18. The van der Waals surface area contributed by atoms with Crippen molar-refractivity contribution < 1.29 is 14.6 Å². The predicted molar refractivity (Wildman–Crippen MR) is 57.1 cm³/mol. The minimum absolute atomic E-state index is 0.128. The predicted octanol–water partition coefficient (Wildman–Crippen LogP) is 2.40. The average molecular weight is 213 g/mol. The van der Waals surface area contributed by atoms with Crippen LogP contribution < -0.4 is 4.74 Å². The van der Waals surface area contributed by atoms with Gasteiger partial charge in [0.25, 0.3) is 6.26 Å². The second kappa shape index (κ2) is 3.91. The molecule has 0 saturated carbocycles. The maximum absolute atomic E-state index is 11.0. The molecule has 16 heavy (non-hydrogen) atoms. The summed E-state index contributed by atoms with van der Waals surface area (Å²) in [4.78, 5) is 11.0. The van der Waals surface area contributed by atoms with Gasteiger partial charge in [-0.2, -0.15) is 0 Å². The highest BCUT2D eigenvalue weighted by Gasteiger charge is 2.12. The van der Waals surface area contributed by atoms with Crippen molar-refractivity contribution in [1.29, 1.82) is 5.26 Å². The molecule has 0 aliphatic carbocycles. The van der Waals surface area contributed by atoms with Gasteiger partial charge >= 0.3 is 5.97 Å². The van der Waals surface area contributed by atoms with Gasteiger partial charge in [-0.25, -0.2) is 4.79 Å². The van der Waals surface area contributed by atoms with Crippen molar-refractivity contribution >= 4 is 16.7 Å². The number of rotatable bonds is 2. The van der Waals surface area contributed by atoms with Gasteiger partial charge in [0.1, 0.15) is 0 Å². The monoisotopic (exact) mass is 213 g/mol. The van der Waals surface area contributed by atoms with Crippen LogP contribution in [0.2, 0.25) is 0 Å². The van der Waals surface area contributed by atoms with Crippen LogP contribution >= 0.6 is 0 Å². The number of hydrogen-bond donors (Lipinski definition) is 1. The van der Waals surface area contributed by atoms with Gasteiger partial charge in [0, 0.05) is 5.39 Å². The van der Waals surface area contributed by atoms with Crippen molar-refractivity contribution in [3.05, 3.63) is 42.0 Å². The molecular formula is C12H7NO3. The van der Waals surface area contributed by atoms with Gasteiger partial charge < -0.3 is 9.84 Å². The van der Waals surface area contributed by atoms with Crippen molar-refractivity contribution in [2.24, 2.45) is 0 Å². The minimum atomic E-state index is -1.04. The molecule has 0 fully saturated rings. The number of hydrogen-bond acceptors (Lipinski definition) is 3. The van der Waals surface area contributed by atoms with Crippen LogP contribution in [0.3, 0.4) is 0 Å². The molecule has 0 saturated heterocycles. The van der Waals surface area contributed by atoms with E-state index in [2.05, 4.69) is 0 Å². The number of ether oxygens (including phenoxy) is 1. The summed E-state index contributed by atoms with van der Waals surface area (Å²) in [6, 6.07) is 9.95. The summed E-state index contributed by atoms with van der Waals surface area (Å²) in [5.41, 5.74) is 0.128. The number of carboxylic acid groups (broad SMARTS) is 1. The quantitative estimate of drug-likeness (QED) is 0.777. The molecule has 2 aromatic rings. The van der Waals surface area contributed by atoms with Crippen LogP contribution in [-0.4, -0.2) is 11.1 Å². The van der Waals surface area contributed by atoms with E-state index in [0.29, 0.717) is 5.39 Å². The van der Waals surface area contributed by atoms with Gasteiger partial charge in [0.15, 0.2) is 5.75 Å². The third-order valence-electron chi connectivity index (χ3n) is 2.25. The molecule has 1 N–H and O–H groups in total. The Balaban J connectivity index is 2.82. The maximum atomic E-state index is 11.0. The highest BCUT2D eigenvalue weighted by molar-refractivity contribution is 6.06. The number of benzene rings is 2. The molecule has 0 aliphatic rings. The van der Waals surface area contributed by atoms with E-state index >= 15 is 0 Å². The molecular weight excluding hydrogens is 206 g/mol. The van der Waals surface area contributed by atoms with E-state index < -0.39 is 5.97 Å². The average Bonchev–Trinajstić information content (AvgIpc) is 2.29. The molecule has 2 rings (SSSR count). The molecule has 4 heteroatoms. The molecule has 0 heterocycles. The molecule has 2 aromatic carbocycles. The lowest BCUT2D eigenvalue weighted by Gasteiger charge is -2.05. The summed E-state index contributed by atoms with van der Waals surface area (Å²) in [7, 11) is 0. The Labute approximate surface area is 91.3 Å². The van der Waals surface area contributed by atoms with E-state index in [1.807, 2.05) is 0 Å². The van der Waals surface area contributed by atoms with Crippen LogP contribution in [0.5, 0.6) is 5.75 Å². The first-order valence-corrected chi connectivity index (χ1v) is 4.55. The third-order valence-corrected chi connectivity index (χ3v) is 2.25. The second-order valence-corrected chi connectivity index (χ2v) is 3.16. The lowest BCUT2D eigenvalue weighted by Crippen LogP contribution is -1.98. The molecule has 0 spiro atoms. The molecule has 4 nitrogen and oxygen atoms in total. The van der Waals surface area contributed by atoms with E-state index in [-0.39, 0.29) is 11.3 Å². The summed E-state index contributed by atoms with van der Waals surface area (Å²) in [5, 5.41) is 18.7. The zero-order chi connectivity index (χ0) is 11.5. The van der Waals surface area contributed by atoms with E-state index in [1.54, 1.807) is 36.6 Å². The number of aromatic carboxylic acids is 1. The molecule has 0 atom stereocenters. The topological polar surface area (TPSA) is 70.3 Å². The summed E-state index contributed by atoms with van der Waals surface area (Å²) in [6.07, 6.45) is 1.55. The minimum Gasteiger partial charge on any atom is -0.478 e. The fraction of sp³-hybridized carbons (Fsp3) is 0. The summed E-state index contributed by atoms with van der Waals surface area (Å²) < 4.78 is 4.75. The Morgan fingerprint density at radius 3 is 2.56 bits per heavy atom. The first kappa shape index (κ1) is 9.99. The molecule has 0 bridgehead atoms. The van der Waals surface area contributed by atoms with Crippen LogP contribution in [0.15, 0.2) is 36.4 Å². The van der Waals surface area contributed by atoms with Gasteiger partial charge in [-0.3, -0.25) is 0 Å². The van der Waals surface area contributed by atoms with Gasteiger partial charge in [0.05, 0.1) is 5.56 Å². The van der Waals surface area contributed by atoms with Crippen molar-refractivity contribution in [2.75, 3.05) is 0 Å². The van der Waals surface area contributed by atoms with Crippen molar-refractivity contribution in [1.82, 2.24) is 0 Å². The van der Waals surface area contributed by atoms with Gasteiger partial charge in [-0.05, 0) is 17.5 Å². The Kier molecular flexibility index (Phi) is 2.44. The number of carboxylic acids is 1. The number of nitrogens with zero attached hydrogens (tertiary/aromatic N) is 1. The second-order valence-electron chi connectivity index (χ2n) is 3.16. The van der Waals surface area contributed by atoms with Gasteiger partial charge in [-0.15, -0.1) is 5.26 Å². The fourth-order valence-corrected chi connectivity index (χ4v) is 1.62. The first-order valence-electron chi connectivity index (χ1n) is 4.55. The third kappa shape index (κ3) is 1.55. The summed E-state index contributed by atoms with van der Waals surface area (Å²) in [6.45, 7) is 0. The molecule has 0 radical (unpaired) electrons. The number of fused-ring (bicyclic) bond motifs is 1. The zero-order valence-electron chi connectivity index (χ0n) is 8.18. The highest BCUT2D eigenvalue weighted by atomic mass is 16.5. The largest absolute Gasteiger partial charge is 0.478 e. The Morgan fingerprint density at radius 1 is 1.25 bits per heavy atom.